The van der Waals surface area contributed by atoms with Gasteiger partial charge in [0.1, 0.15) is 12.0 Å². The van der Waals surface area contributed by atoms with Crippen LogP contribution in [-0.2, 0) is 19.1 Å². The van der Waals surface area contributed by atoms with Gasteiger partial charge in [0.05, 0.1) is 17.3 Å². The summed E-state index contributed by atoms with van der Waals surface area (Å²) < 4.78 is 39.0. The highest BCUT2D eigenvalue weighted by Gasteiger charge is 2.32. The number of hydrogen-bond donors (Lipinski definition) is 1. The summed E-state index contributed by atoms with van der Waals surface area (Å²) in [4.78, 5) is 28.7. The van der Waals surface area contributed by atoms with E-state index in [2.05, 4.69) is 9.47 Å². The maximum absolute atomic E-state index is 12.7. The Hall–Kier alpha value is -2.65. The lowest BCUT2D eigenvalue weighted by atomic mass is 9.82. The second-order valence-corrected chi connectivity index (χ2v) is 7.25. The van der Waals surface area contributed by atoms with E-state index < -0.39 is 12.5 Å². The molecule has 2 fully saturated rings. The first kappa shape index (κ1) is 32.4. The number of benzene rings is 1. The molecule has 1 aliphatic heterocycles. The maximum atomic E-state index is 12.7. The van der Waals surface area contributed by atoms with Crippen LogP contribution in [0.25, 0.3) is 5.70 Å². The van der Waals surface area contributed by atoms with Crippen molar-refractivity contribution in [3.63, 3.8) is 0 Å². The van der Waals surface area contributed by atoms with E-state index in [1.165, 1.54) is 18.2 Å². The fourth-order valence-corrected chi connectivity index (χ4v) is 3.46. The molecule has 9 heteroatoms. The third-order valence-electron chi connectivity index (χ3n) is 4.83. The Labute approximate surface area is 207 Å². The van der Waals surface area contributed by atoms with E-state index in [4.69, 9.17) is 15.5 Å². The number of carbonyl (C=O) groups is 2. The number of alkyl halides is 2. The van der Waals surface area contributed by atoms with Crippen LogP contribution in [0.15, 0.2) is 34.8 Å². The zero-order valence-electron chi connectivity index (χ0n) is 21.7. The first-order chi connectivity index (χ1) is 16.9. The van der Waals surface area contributed by atoms with E-state index in [0.29, 0.717) is 30.9 Å². The first-order valence-electron chi connectivity index (χ1n) is 12.0. The third kappa shape index (κ3) is 11.1. The zero-order valence-corrected chi connectivity index (χ0v) is 21.7. The molecule has 1 aromatic carbocycles. The molecule has 1 unspecified atom stereocenters. The molecule has 0 spiro atoms. The molecule has 1 saturated carbocycles. The van der Waals surface area contributed by atoms with E-state index in [-0.39, 0.29) is 35.3 Å². The normalized spacial score (nSPS) is 20.4. The molecule has 35 heavy (non-hydrogen) atoms. The summed E-state index contributed by atoms with van der Waals surface area (Å²) in [6.45, 7) is 6.22. The number of halogens is 2. The van der Waals surface area contributed by atoms with Crippen LogP contribution in [-0.4, -0.2) is 57.9 Å². The van der Waals surface area contributed by atoms with Gasteiger partial charge in [0.15, 0.2) is 5.78 Å². The number of nitrogens with zero attached hydrogens (tertiary/aromatic N) is 1. The highest BCUT2D eigenvalue weighted by molar-refractivity contribution is 6.29. The number of aldehydes is 1. The van der Waals surface area contributed by atoms with Gasteiger partial charge in [0.2, 0.25) is 0 Å². The largest absolute Gasteiger partial charge is 0.435 e. The summed E-state index contributed by atoms with van der Waals surface area (Å²) in [6, 6.07) is 5.89. The molecular formula is C26H40F2N2O5. The van der Waals surface area contributed by atoms with Gasteiger partial charge in [-0.1, -0.05) is 39.8 Å². The lowest BCUT2D eigenvalue weighted by Gasteiger charge is -2.26. The minimum absolute atomic E-state index is 0.00162. The van der Waals surface area contributed by atoms with Gasteiger partial charge in [-0.15, -0.1) is 0 Å². The smallest absolute Gasteiger partial charge is 0.387 e. The molecule has 7 nitrogen and oxygen atoms in total. The fraction of sp³-hybridized carbons (Fsp3) is 0.577. The maximum Gasteiger partial charge on any atom is 0.387 e. The summed E-state index contributed by atoms with van der Waals surface area (Å²) in [5.74, 6) is -0.754. The van der Waals surface area contributed by atoms with Crippen molar-refractivity contribution in [2.45, 2.75) is 66.0 Å². The zero-order chi connectivity index (χ0) is 26.8. The third-order valence-corrected chi connectivity index (χ3v) is 4.83. The van der Waals surface area contributed by atoms with Crippen molar-refractivity contribution < 1.29 is 32.6 Å². The number of rotatable bonds is 5. The number of allylic oxidation sites excluding steroid dienone is 1. The molecule has 1 aromatic rings. The van der Waals surface area contributed by atoms with E-state index >= 15 is 0 Å². The minimum Gasteiger partial charge on any atom is -0.435 e. The molecule has 0 radical (unpaired) electrons. The molecule has 1 saturated heterocycles. The van der Waals surface area contributed by atoms with Crippen LogP contribution in [0.4, 0.5) is 8.78 Å². The Balaban J connectivity index is 0.00000150. The van der Waals surface area contributed by atoms with Crippen LogP contribution < -0.4 is 10.5 Å². The molecule has 0 bridgehead atoms. The van der Waals surface area contributed by atoms with Crippen LogP contribution in [0.5, 0.6) is 5.75 Å². The Morgan fingerprint density at radius 3 is 2.29 bits per heavy atom. The van der Waals surface area contributed by atoms with Crippen molar-refractivity contribution in [1.82, 2.24) is 0 Å². The molecule has 0 aromatic heterocycles. The number of hydrogen-bond acceptors (Lipinski definition) is 7. The molecule has 198 valence electrons. The molecule has 0 amide bonds. The highest BCUT2D eigenvalue weighted by atomic mass is 19.3. The number of methoxy groups -OCH3 is 1. The second kappa shape index (κ2) is 18.6. The highest BCUT2D eigenvalue weighted by Crippen LogP contribution is 2.29. The fourth-order valence-electron chi connectivity index (χ4n) is 3.46. The van der Waals surface area contributed by atoms with Crippen molar-refractivity contribution in [3.05, 3.63) is 35.4 Å². The van der Waals surface area contributed by atoms with Crippen LogP contribution >= 0.6 is 0 Å². The molecule has 3 rings (SSSR count). The Bertz CT molecular complexity index is 822. The Kier molecular flexibility index (Phi) is 17.2. The number of ketones is 1. The Morgan fingerprint density at radius 1 is 1.14 bits per heavy atom. The molecular weight excluding hydrogens is 458 g/mol. The predicted molar refractivity (Wildman–Crippen MR) is 135 cm³/mol. The summed E-state index contributed by atoms with van der Waals surface area (Å²) >= 11 is 0. The van der Waals surface area contributed by atoms with E-state index in [9.17, 15) is 18.4 Å². The van der Waals surface area contributed by atoms with Crippen LogP contribution in [0.3, 0.4) is 0 Å². The van der Waals surface area contributed by atoms with Gasteiger partial charge in [-0.05, 0) is 31.4 Å². The lowest BCUT2D eigenvalue weighted by molar-refractivity contribution is -0.120. The summed E-state index contributed by atoms with van der Waals surface area (Å²) in [5, 5.41) is 0. The van der Waals surface area contributed by atoms with Gasteiger partial charge in [-0.3, -0.25) is 9.79 Å². The minimum atomic E-state index is -2.96. The van der Waals surface area contributed by atoms with Crippen molar-refractivity contribution in [3.8, 4) is 5.75 Å². The van der Waals surface area contributed by atoms with E-state index in [0.717, 1.165) is 19.1 Å². The van der Waals surface area contributed by atoms with Crippen LogP contribution in [0.1, 0.15) is 58.9 Å². The number of Topliss-reactive ketones (excluding diaryl/α,β-unsaturated/α-hetero) is 1. The molecule has 2 aliphatic rings. The standard InChI is InChI=1S/C20H22F2N2O4.C2H6O.2C2H6/c21-20(22)28-15-3-1-2-13(10-15)19(23)18-16(8-12(11-25)9-17(18)26)24-14-4-6-27-7-5-14;1-3-2;2*1-2/h1-3,10-12,14,20H,4-9,23H2;1-2H3;2*1-2H3/b19-18+,24-16?;;;. The van der Waals surface area contributed by atoms with E-state index in [1.54, 1.807) is 20.3 Å². The van der Waals surface area contributed by atoms with E-state index in [1.807, 2.05) is 27.7 Å². The summed E-state index contributed by atoms with van der Waals surface area (Å²) in [6.07, 6.45) is 2.61. The van der Waals surface area contributed by atoms with Crippen molar-refractivity contribution >= 4 is 23.5 Å². The first-order valence-corrected chi connectivity index (χ1v) is 12.0. The quantitative estimate of drug-likeness (QED) is 0.449. The summed E-state index contributed by atoms with van der Waals surface area (Å²) in [5.41, 5.74) is 7.57. The van der Waals surface area contributed by atoms with Gasteiger partial charge < -0.3 is 24.7 Å². The number of ether oxygens (including phenoxy) is 3. The number of aliphatic imine (C=N–C) groups is 1. The monoisotopic (exact) mass is 498 g/mol. The number of carbonyl (C=O) groups excluding carboxylic acids is 2. The average Bonchev–Trinajstić information content (AvgIpc) is 2.87. The average molecular weight is 499 g/mol. The molecule has 1 heterocycles. The van der Waals surface area contributed by atoms with Gasteiger partial charge in [0.25, 0.3) is 0 Å². The van der Waals surface area contributed by atoms with Gasteiger partial charge in [-0.25, -0.2) is 0 Å². The van der Waals surface area contributed by atoms with Crippen LogP contribution in [0, 0.1) is 5.92 Å². The van der Waals surface area contributed by atoms with Gasteiger partial charge in [0, 0.05) is 51.0 Å². The predicted octanol–water partition coefficient (Wildman–Crippen LogP) is 5.07. The Morgan fingerprint density at radius 2 is 1.74 bits per heavy atom. The molecule has 1 atom stereocenters. The number of nitrogens with two attached hydrogens (primary N) is 1. The molecule has 2 N–H and O–H groups in total. The van der Waals surface area contributed by atoms with Gasteiger partial charge in [-0.2, -0.15) is 8.78 Å². The van der Waals surface area contributed by atoms with Crippen molar-refractivity contribution in [2.24, 2.45) is 16.6 Å². The van der Waals surface area contributed by atoms with Crippen molar-refractivity contribution in [1.29, 1.82) is 0 Å². The van der Waals surface area contributed by atoms with Gasteiger partial charge >= 0.3 is 6.61 Å². The topological polar surface area (TPSA) is 100 Å². The second-order valence-electron chi connectivity index (χ2n) is 7.25. The van der Waals surface area contributed by atoms with Crippen LogP contribution in [0.2, 0.25) is 0 Å². The lowest BCUT2D eigenvalue weighted by Crippen LogP contribution is -2.31. The SMILES string of the molecule is CC.CC.COC.N/C(=C1/C(=O)CC(C=O)CC1=NC1CCOCC1)c1cccc(OC(F)F)c1. The summed E-state index contributed by atoms with van der Waals surface area (Å²) in [7, 11) is 3.25. The van der Waals surface area contributed by atoms with Crippen molar-refractivity contribution in [2.75, 3.05) is 27.4 Å². The molecule has 1 aliphatic carbocycles.